The molecule has 1 aromatic rings. The summed E-state index contributed by atoms with van der Waals surface area (Å²) in [5.74, 6) is 0.100. The number of hydrogen-bond acceptors (Lipinski definition) is 4. The van der Waals surface area contributed by atoms with Gasteiger partial charge in [0.25, 0.3) is 0 Å². The summed E-state index contributed by atoms with van der Waals surface area (Å²) in [5, 5.41) is 1.84. The summed E-state index contributed by atoms with van der Waals surface area (Å²) in [5.41, 5.74) is 0.646. The van der Waals surface area contributed by atoms with E-state index in [1.165, 1.54) is 11.3 Å². The van der Waals surface area contributed by atoms with Crippen molar-refractivity contribution in [1.29, 1.82) is 0 Å². The first-order valence-electron chi connectivity index (χ1n) is 4.83. The molecule has 3 nitrogen and oxygen atoms in total. The van der Waals surface area contributed by atoms with Crippen molar-refractivity contribution in [2.24, 2.45) is 0 Å². The van der Waals surface area contributed by atoms with Gasteiger partial charge in [0.15, 0.2) is 5.78 Å². The van der Waals surface area contributed by atoms with Gasteiger partial charge in [-0.2, -0.15) is 0 Å². The minimum Gasteiger partial charge on any atom is -0.379 e. The van der Waals surface area contributed by atoms with E-state index in [0.717, 1.165) is 13.1 Å². The number of Topliss-reactive ketones (excluding diaryl/α,β-unsaturated/α-hetero) is 1. The molecule has 2 heterocycles. The van der Waals surface area contributed by atoms with Gasteiger partial charge in [-0.1, -0.05) is 11.6 Å². The van der Waals surface area contributed by atoms with Gasteiger partial charge in [-0.3, -0.25) is 9.69 Å². The molecule has 1 aromatic heterocycles. The van der Waals surface area contributed by atoms with Crippen LogP contribution in [0.5, 0.6) is 0 Å². The van der Waals surface area contributed by atoms with E-state index in [4.69, 9.17) is 16.3 Å². The SMILES string of the molecule is O=C(CN1CCOCC1)c1ccsc1Cl. The van der Waals surface area contributed by atoms with E-state index < -0.39 is 0 Å². The van der Waals surface area contributed by atoms with Crippen LogP contribution in [0.1, 0.15) is 10.4 Å². The number of rotatable bonds is 3. The Morgan fingerprint density at radius 3 is 2.87 bits per heavy atom. The van der Waals surface area contributed by atoms with Gasteiger partial charge in [-0.05, 0) is 11.4 Å². The lowest BCUT2D eigenvalue weighted by Crippen LogP contribution is -2.39. The molecular formula is C10H12ClNO2S. The molecule has 82 valence electrons. The molecule has 0 bridgehead atoms. The fourth-order valence-electron chi connectivity index (χ4n) is 1.54. The Balaban J connectivity index is 1.94. The summed E-state index contributed by atoms with van der Waals surface area (Å²) >= 11 is 7.30. The second-order valence-electron chi connectivity index (χ2n) is 3.42. The normalized spacial score (nSPS) is 17.9. The second kappa shape index (κ2) is 5.07. The molecule has 0 aromatic carbocycles. The van der Waals surface area contributed by atoms with Crippen LogP contribution in [0.3, 0.4) is 0 Å². The monoisotopic (exact) mass is 245 g/mol. The molecular weight excluding hydrogens is 234 g/mol. The Morgan fingerprint density at radius 2 is 2.27 bits per heavy atom. The van der Waals surface area contributed by atoms with E-state index in [1.54, 1.807) is 6.07 Å². The number of hydrogen-bond donors (Lipinski definition) is 0. The molecule has 0 N–H and O–H groups in total. The van der Waals surface area contributed by atoms with Crippen molar-refractivity contribution < 1.29 is 9.53 Å². The van der Waals surface area contributed by atoms with Gasteiger partial charge in [0.1, 0.15) is 4.34 Å². The summed E-state index contributed by atoms with van der Waals surface area (Å²) in [4.78, 5) is 13.9. The summed E-state index contributed by atoms with van der Waals surface area (Å²) in [6.07, 6.45) is 0. The molecule has 0 atom stereocenters. The van der Waals surface area contributed by atoms with E-state index in [2.05, 4.69) is 4.90 Å². The maximum atomic E-state index is 11.8. The average molecular weight is 246 g/mol. The molecule has 0 unspecified atom stereocenters. The molecule has 15 heavy (non-hydrogen) atoms. The number of ether oxygens (including phenoxy) is 1. The summed E-state index contributed by atoms with van der Waals surface area (Å²) < 4.78 is 5.81. The van der Waals surface area contributed by atoms with Crippen LogP contribution < -0.4 is 0 Å². The summed E-state index contributed by atoms with van der Waals surface area (Å²) in [7, 11) is 0. The third-order valence-electron chi connectivity index (χ3n) is 2.39. The van der Waals surface area contributed by atoms with Crippen molar-refractivity contribution in [3.05, 3.63) is 21.3 Å². The van der Waals surface area contributed by atoms with Crippen molar-refractivity contribution in [2.45, 2.75) is 0 Å². The fourth-order valence-corrected chi connectivity index (χ4v) is 2.50. The molecule has 2 rings (SSSR count). The van der Waals surface area contributed by atoms with E-state index in [1.807, 2.05) is 5.38 Å². The fraction of sp³-hybridized carbons (Fsp3) is 0.500. The zero-order chi connectivity index (χ0) is 10.7. The number of halogens is 1. The van der Waals surface area contributed by atoms with Crippen LogP contribution in [-0.4, -0.2) is 43.5 Å². The van der Waals surface area contributed by atoms with E-state index in [9.17, 15) is 4.79 Å². The zero-order valence-corrected chi connectivity index (χ0v) is 9.81. The second-order valence-corrected chi connectivity index (χ2v) is 4.94. The maximum Gasteiger partial charge on any atom is 0.179 e. The van der Waals surface area contributed by atoms with Crippen molar-refractivity contribution in [3.63, 3.8) is 0 Å². The van der Waals surface area contributed by atoms with Crippen LogP contribution in [0.25, 0.3) is 0 Å². The third kappa shape index (κ3) is 2.78. The molecule has 0 spiro atoms. The number of thiophene rings is 1. The van der Waals surface area contributed by atoms with Gasteiger partial charge in [-0.25, -0.2) is 0 Å². The Morgan fingerprint density at radius 1 is 1.53 bits per heavy atom. The van der Waals surface area contributed by atoms with Gasteiger partial charge in [0.2, 0.25) is 0 Å². The first-order valence-corrected chi connectivity index (χ1v) is 6.09. The molecule has 0 radical (unpaired) electrons. The summed E-state index contributed by atoms with van der Waals surface area (Å²) in [6.45, 7) is 3.52. The van der Waals surface area contributed by atoms with Crippen LogP contribution in [-0.2, 0) is 4.74 Å². The molecule has 1 aliphatic rings. The molecule has 5 heteroatoms. The van der Waals surface area contributed by atoms with Crippen molar-refractivity contribution in [3.8, 4) is 0 Å². The lowest BCUT2D eigenvalue weighted by Gasteiger charge is -2.25. The zero-order valence-electron chi connectivity index (χ0n) is 8.24. The number of carbonyl (C=O) groups excluding carboxylic acids is 1. The van der Waals surface area contributed by atoms with Gasteiger partial charge in [0.05, 0.1) is 19.8 Å². The van der Waals surface area contributed by atoms with Crippen LogP contribution >= 0.6 is 22.9 Å². The van der Waals surface area contributed by atoms with Crippen LogP contribution in [0, 0.1) is 0 Å². The number of carbonyl (C=O) groups is 1. The molecule has 1 saturated heterocycles. The largest absolute Gasteiger partial charge is 0.379 e. The number of morpholine rings is 1. The van der Waals surface area contributed by atoms with Crippen LogP contribution in [0.15, 0.2) is 11.4 Å². The lowest BCUT2D eigenvalue weighted by molar-refractivity contribution is 0.0371. The smallest absolute Gasteiger partial charge is 0.179 e. The van der Waals surface area contributed by atoms with Crippen LogP contribution in [0.4, 0.5) is 0 Å². The van der Waals surface area contributed by atoms with Crippen LogP contribution in [0.2, 0.25) is 4.34 Å². The first kappa shape index (κ1) is 11.1. The highest BCUT2D eigenvalue weighted by Crippen LogP contribution is 2.23. The Hall–Kier alpha value is -0.420. The molecule has 1 fully saturated rings. The molecule has 0 aliphatic carbocycles. The predicted octanol–water partition coefficient (Wildman–Crippen LogP) is 1.92. The molecule has 0 amide bonds. The minimum atomic E-state index is 0.100. The highest BCUT2D eigenvalue weighted by molar-refractivity contribution is 7.14. The van der Waals surface area contributed by atoms with Crippen molar-refractivity contribution in [2.75, 3.05) is 32.8 Å². The van der Waals surface area contributed by atoms with Crippen molar-refractivity contribution in [1.82, 2.24) is 4.90 Å². The van der Waals surface area contributed by atoms with Gasteiger partial charge in [-0.15, -0.1) is 11.3 Å². The van der Waals surface area contributed by atoms with E-state index in [0.29, 0.717) is 29.7 Å². The molecule has 1 aliphatic heterocycles. The highest BCUT2D eigenvalue weighted by Gasteiger charge is 2.17. The Labute approximate surface area is 97.6 Å². The third-order valence-corrected chi connectivity index (χ3v) is 3.56. The van der Waals surface area contributed by atoms with Crippen molar-refractivity contribution >= 4 is 28.7 Å². The number of ketones is 1. The first-order chi connectivity index (χ1) is 7.27. The highest BCUT2D eigenvalue weighted by atomic mass is 35.5. The van der Waals surface area contributed by atoms with E-state index >= 15 is 0 Å². The quantitative estimate of drug-likeness (QED) is 0.762. The van der Waals surface area contributed by atoms with Gasteiger partial charge >= 0.3 is 0 Å². The predicted molar refractivity (Wildman–Crippen MR) is 60.9 cm³/mol. The Bertz CT molecular complexity index is 347. The summed E-state index contributed by atoms with van der Waals surface area (Å²) in [6, 6.07) is 1.79. The topological polar surface area (TPSA) is 29.5 Å². The standard InChI is InChI=1S/C10H12ClNO2S/c11-10-8(1-6-15-10)9(13)7-12-2-4-14-5-3-12/h1,6H,2-5,7H2. The lowest BCUT2D eigenvalue weighted by atomic mass is 10.2. The number of nitrogens with zero attached hydrogens (tertiary/aromatic N) is 1. The van der Waals surface area contributed by atoms with Gasteiger partial charge < -0.3 is 4.74 Å². The average Bonchev–Trinajstić information content (AvgIpc) is 2.66. The maximum absolute atomic E-state index is 11.8. The minimum absolute atomic E-state index is 0.100. The van der Waals surface area contributed by atoms with E-state index in [-0.39, 0.29) is 5.78 Å². The molecule has 0 saturated carbocycles. The Kier molecular flexibility index (Phi) is 3.75. The van der Waals surface area contributed by atoms with Gasteiger partial charge in [0, 0.05) is 18.7 Å².